The average Bonchev–Trinajstić information content (AvgIpc) is 3.10. The highest BCUT2D eigenvalue weighted by Gasteiger charge is 2.18. The first-order chi connectivity index (χ1) is 13.9. The van der Waals surface area contributed by atoms with E-state index in [1.807, 2.05) is 24.3 Å². The van der Waals surface area contributed by atoms with Crippen molar-refractivity contribution in [2.45, 2.75) is 26.2 Å². The summed E-state index contributed by atoms with van der Waals surface area (Å²) in [5.74, 6) is -1.12. The van der Waals surface area contributed by atoms with Gasteiger partial charge in [-0.2, -0.15) is 0 Å². The van der Waals surface area contributed by atoms with Gasteiger partial charge in [-0.25, -0.2) is 4.98 Å². The van der Waals surface area contributed by atoms with Crippen LogP contribution in [0.2, 0.25) is 0 Å². The minimum atomic E-state index is -0.623. The monoisotopic (exact) mass is 413 g/mol. The molecule has 1 amide bonds. The van der Waals surface area contributed by atoms with Crippen LogP contribution in [0.1, 0.15) is 23.4 Å². The fourth-order valence-corrected chi connectivity index (χ4v) is 3.78. The molecule has 0 aliphatic heterocycles. The van der Waals surface area contributed by atoms with Gasteiger partial charge in [-0.3, -0.25) is 19.7 Å². The third-order valence-electron chi connectivity index (χ3n) is 4.19. The topological polar surface area (TPSA) is 111 Å². The molecule has 9 heteroatoms. The van der Waals surface area contributed by atoms with E-state index in [0.29, 0.717) is 18.4 Å². The molecule has 1 N–H and O–H groups in total. The molecule has 3 rings (SSSR count). The first kappa shape index (κ1) is 20.4. The van der Waals surface area contributed by atoms with Gasteiger partial charge in [-0.1, -0.05) is 24.3 Å². The zero-order chi connectivity index (χ0) is 20.8. The van der Waals surface area contributed by atoms with Gasteiger partial charge in [0.25, 0.3) is 11.6 Å². The molecule has 0 aliphatic rings. The number of ether oxygens (including phenoxy) is 1. The van der Waals surface area contributed by atoms with E-state index in [-0.39, 0.29) is 17.8 Å². The van der Waals surface area contributed by atoms with Crippen molar-refractivity contribution in [1.29, 1.82) is 0 Å². The van der Waals surface area contributed by atoms with Gasteiger partial charge < -0.3 is 10.1 Å². The maximum atomic E-state index is 12.0. The van der Waals surface area contributed by atoms with Crippen LogP contribution in [0.5, 0.6) is 0 Å². The van der Waals surface area contributed by atoms with Crippen LogP contribution in [0.25, 0.3) is 10.2 Å². The third kappa shape index (κ3) is 5.35. The number of hydrogen-bond acceptors (Lipinski definition) is 7. The number of esters is 1. The van der Waals surface area contributed by atoms with Gasteiger partial charge in [0.15, 0.2) is 6.61 Å². The number of rotatable bonds is 8. The van der Waals surface area contributed by atoms with Crippen LogP contribution in [0, 0.1) is 17.0 Å². The highest BCUT2D eigenvalue weighted by molar-refractivity contribution is 7.18. The first-order valence-electron chi connectivity index (χ1n) is 8.98. The molecule has 1 heterocycles. The molecule has 3 aromatic rings. The molecule has 0 saturated carbocycles. The van der Waals surface area contributed by atoms with Crippen molar-refractivity contribution >= 4 is 44.8 Å². The lowest BCUT2D eigenvalue weighted by Crippen LogP contribution is -2.21. The molecule has 2 aromatic carbocycles. The first-order valence-corrected chi connectivity index (χ1v) is 9.79. The summed E-state index contributed by atoms with van der Waals surface area (Å²) in [5.41, 5.74) is 1.39. The number of hydrogen-bond donors (Lipinski definition) is 1. The van der Waals surface area contributed by atoms with Crippen LogP contribution in [0.4, 0.5) is 11.4 Å². The lowest BCUT2D eigenvalue weighted by Gasteiger charge is -2.09. The second-order valence-electron chi connectivity index (χ2n) is 6.36. The average molecular weight is 413 g/mol. The lowest BCUT2D eigenvalue weighted by atomic mass is 10.1. The Bertz CT molecular complexity index is 1030. The number of aromatic nitrogens is 1. The molecule has 0 spiro atoms. The summed E-state index contributed by atoms with van der Waals surface area (Å²) in [4.78, 5) is 38.9. The van der Waals surface area contributed by atoms with Crippen LogP contribution < -0.4 is 5.32 Å². The molecule has 0 unspecified atom stereocenters. The van der Waals surface area contributed by atoms with Crippen LogP contribution in [0.3, 0.4) is 0 Å². The number of nitro benzene ring substituents is 1. The maximum absolute atomic E-state index is 12.0. The third-order valence-corrected chi connectivity index (χ3v) is 5.28. The molecule has 8 nitrogen and oxygen atoms in total. The Labute approximate surface area is 170 Å². The number of thiazole rings is 1. The van der Waals surface area contributed by atoms with Crippen LogP contribution in [-0.4, -0.2) is 28.4 Å². The van der Waals surface area contributed by atoms with Crippen LogP contribution >= 0.6 is 11.3 Å². The Hall–Kier alpha value is -3.33. The number of nitrogens with zero attached hydrogens (tertiary/aromatic N) is 2. The molecule has 0 saturated heterocycles. The fraction of sp³-hybridized carbons (Fsp3) is 0.250. The van der Waals surface area contributed by atoms with E-state index < -0.39 is 23.4 Å². The number of carbonyl (C=O) groups is 2. The van der Waals surface area contributed by atoms with Gasteiger partial charge in [0.05, 0.1) is 20.1 Å². The number of amides is 1. The van der Waals surface area contributed by atoms with Crippen molar-refractivity contribution < 1.29 is 19.2 Å². The zero-order valence-corrected chi connectivity index (χ0v) is 16.5. The van der Waals surface area contributed by atoms with Crippen molar-refractivity contribution in [2.75, 3.05) is 11.9 Å². The normalized spacial score (nSPS) is 10.7. The van der Waals surface area contributed by atoms with E-state index >= 15 is 0 Å². The van der Waals surface area contributed by atoms with E-state index in [1.165, 1.54) is 12.1 Å². The van der Waals surface area contributed by atoms with E-state index in [4.69, 9.17) is 4.74 Å². The van der Waals surface area contributed by atoms with Crippen molar-refractivity contribution in [1.82, 2.24) is 4.98 Å². The van der Waals surface area contributed by atoms with Crippen LogP contribution in [-0.2, 0) is 20.7 Å². The van der Waals surface area contributed by atoms with E-state index in [1.54, 1.807) is 24.3 Å². The Balaban J connectivity index is 1.44. The summed E-state index contributed by atoms with van der Waals surface area (Å²) in [6.07, 6.45) is 1.37. The Morgan fingerprint density at radius 3 is 2.76 bits per heavy atom. The van der Waals surface area contributed by atoms with Crippen molar-refractivity contribution in [3.63, 3.8) is 0 Å². The molecule has 0 bridgehead atoms. The number of benzene rings is 2. The van der Waals surface area contributed by atoms with Crippen molar-refractivity contribution in [3.8, 4) is 0 Å². The molecule has 150 valence electrons. The van der Waals surface area contributed by atoms with Gasteiger partial charge >= 0.3 is 5.97 Å². The van der Waals surface area contributed by atoms with E-state index in [0.717, 1.165) is 15.2 Å². The lowest BCUT2D eigenvalue weighted by molar-refractivity contribution is -0.384. The number of fused-ring (bicyclic) bond motifs is 1. The van der Waals surface area contributed by atoms with Gasteiger partial charge in [-0.15, -0.1) is 11.3 Å². The number of nitro groups is 1. The second-order valence-corrected chi connectivity index (χ2v) is 7.48. The minimum Gasteiger partial charge on any atom is -0.456 e. The summed E-state index contributed by atoms with van der Waals surface area (Å²) in [6.45, 7) is 1.15. The summed E-state index contributed by atoms with van der Waals surface area (Å²) >= 11 is 1.59. The Morgan fingerprint density at radius 1 is 1.21 bits per heavy atom. The van der Waals surface area contributed by atoms with Gasteiger partial charge in [0, 0.05) is 12.5 Å². The maximum Gasteiger partial charge on any atom is 0.306 e. The molecule has 0 atom stereocenters. The largest absolute Gasteiger partial charge is 0.456 e. The second kappa shape index (κ2) is 9.24. The number of nitrogens with one attached hydrogen (secondary N) is 1. The number of aryl methyl sites for hydroxylation is 2. The highest BCUT2D eigenvalue weighted by atomic mass is 32.1. The van der Waals surface area contributed by atoms with Crippen molar-refractivity contribution in [2.24, 2.45) is 0 Å². The molecule has 0 fully saturated rings. The van der Waals surface area contributed by atoms with Gasteiger partial charge in [0.2, 0.25) is 0 Å². The van der Waals surface area contributed by atoms with Crippen molar-refractivity contribution in [3.05, 3.63) is 63.1 Å². The minimum absolute atomic E-state index is 0.106. The smallest absolute Gasteiger partial charge is 0.306 e. The molecule has 0 radical (unpaired) electrons. The Kier molecular flexibility index (Phi) is 6.50. The molecule has 1 aromatic heterocycles. The summed E-state index contributed by atoms with van der Waals surface area (Å²) in [6, 6.07) is 12.3. The highest BCUT2D eigenvalue weighted by Crippen LogP contribution is 2.27. The predicted octanol–water partition coefficient (Wildman–Crippen LogP) is 4.02. The molecular formula is C20H19N3O5S. The fourth-order valence-electron chi connectivity index (χ4n) is 2.77. The van der Waals surface area contributed by atoms with Gasteiger partial charge in [0.1, 0.15) is 5.69 Å². The summed E-state index contributed by atoms with van der Waals surface area (Å²) < 4.78 is 6.08. The van der Waals surface area contributed by atoms with Crippen LogP contribution in [0.15, 0.2) is 42.5 Å². The number of para-hydroxylation sites is 2. The van der Waals surface area contributed by atoms with E-state index in [2.05, 4.69) is 10.3 Å². The zero-order valence-electron chi connectivity index (χ0n) is 15.7. The number of anilines is 1. The van der Waals surface area contributed by atoms with Gasteiger partial charge in [-0.05, 0) is 37.5 Å². The summed E-state index contributed by atoms with van der Waals surface area (Å²) in [7, 11) is 0. The van der Waals surface area contributed by atoms with E-state index in [9.17, 15) is 19.7 Å². The Morgan fingerprint density at radius 2 is 2.00 bits per heavy atom. The summed E-state index contributed by atoms with van der Waals surface area (Å²) in [5, 5.41) is 14.5. The standard InChI is InChI=1S/C20H19N3O5S/c1-13-6-4-8-15(23(26)27)20(13)22-17(24)12-28-19(25)11-5-10-18-21-14-7-2-3-9-16(14)29-18/h2-4,6-9H,5,10-12H2,1H3,(H,22,24). The molecule has 29 heavy (non-hydrogen) atoms. The number of carbonyl (C=O) groups excluding carboxylic acids is 2. The quantitative estimate of drug-likeness (QED) is 0.339. The SMILES string of the molecule is Cc1cccc([N+](=O)[O-])c1NC(=O)COC(=O)CCCc1nc2ccccc2s1. The predicted molar refractivity (Wildman–Crippen MR) is 110 cm³/mol. The molecule has 0 aliphatic carbocycles. The molecular weight excluding hydrogens is 394 g/mol.